The summed E-state index contributed by atoms with van der Waals surface area (Å²) < 4.78 is 12.1. The van der Waals surface area contributed by atoms with Crippen molar-refractivity contribution in [3.8, 4) is 17.2 Å². The fourth-order valence-corrected chi connectivity index (χ4v) is 4.23. The molecule has 3 aromatic carbocycles. The van der Waals surface area contributed by atoms with Crippen molar-refractivity contribution in [3.63, 3.8) is 0 Å². The average molecular weight is 462 g/mol. The molecular formula is C25H23N3O4S. The molecule has 0 radical (unpaired) electrons. The van der Waals surface area contributed by atoms with E-state index in [4.69, 9.17) is 9.47 Å². The Morgan fingerprint density at radius 2 is 1.70 bits per heavy atom. The quantitative estimate of drug-likeness (QED) is 0.317. The zero-order chi connectivity index (χ0) is 23.2. The van der Waals surface area contributed by atoms with Gasteiger partial charge in [0.25, 0.3) is 5.56 Å². The first-order chi connectivity index (χ1) is 16.1. The highest BCUT2D eigenvalue weighted by Crippen LogP contribution is 2.27. The molecule has 4 aromatic rings. The summed E-state index contributed by atoms with van der Waals surface area (Å²) in [4.78, 5) is 30.4. The molecule has 0 saturated carbocycles. The fraction of sp³-hybridized carbons (Fsp3) is 0.160. The van der Waals surface area contributed by atoms with Crippen molar-refractivity contribution in [2.75, 3.05) is 20.0 Å². The average Bonchev–Trinajstić information content (AvgIpc) is 2.86. The van der Waals surface area contributed by atoms with Crippen LogP contribution in [0.3, 0.4) is 0 Å². The topological polar surface area (TPSA) is 82.5 Å². The fourth-order valence-electron chi connectivity index (χ4n) is 3.39. The van der Waals surface area contributed by atoms with Gasteiger partial charge in [-0.25, -0.2) is 4.98 Å². The van der Waals surface area contributed by atoms with E-state index in [1.807, 2.05) is 54.6 Å². The third-order valence-electron chi connectivity index (χ3n) is 5.03. The van der Waals surface area contributed by atoms with Gasteiger partial charge in [-0.15, -0.1) is 0 Å². The van der Waals surface area contributed by atoms with E-state index in [2.05, 4.69) is 10.3 Å². The zero-order valence-electron chi connectivity index (χ0n) is 18.3. The molecule has 1 N–H and O–H groups in total. The van der Waals surface area contributed by atoms with Crippen LogP contribution < -0.4 is 20.3 Å². The van der Waals surface area contributed by atoms with Gasteiger partial charge in [0.2, 0.25) is 5.91 Å². The van der Waals surface area contributed by atoms with E-state index in [9.17, 15) is 9.59 Å². The number of nitrogens with one attached hydrogen (secondary N) is 1. The largest absolute Gasteiger partial charge is 0.493 e. The summed E-state index contributed by atoms with van der Waals surface area (Å²) in [5.41, 5.74) is 2.02. The van der Waals surface area contributed by atoms with E-state index in [1.165, 1.54) is 11.8 Å². The van der Waals surface area contributed by atoms with Crippen molar-refractivity contribution in [1.82, 2.24) is 14.9 Å². The lowest BCUT2D eigenvalue weighted by molar-refractivity contribution is -0.118. The van der Waals surface area contributed by atoms with Gasteiger partial charge in [0.05, 0.1) is 36.6 Å². The van der Waals surface area contributed by atoms with Gasteiger partial charge in [-0.2, -0.15) is 0 Å². The molecule has 1 amide bonds. The van der Waals surface area contributed by atoms with Gasteiger partial charge >= 0.3 is 0 Å². The molecule has 1 heterocycles. The third-order valence-corrected chi connectivity index (χ3v) is 5.97. The molecule has 0 aliphatic heterocycles. The first kappa shape index (κ1) is 22.4. The molecule has 0 unspecified atom stereocenters. The van der Waals surface area contributed by atoms with Crippen LogP contribution in [0.4, 0.5) is 0 Å². The minimum atomic E-state index is -0.170. The van der Waals surface area contributed by atoms with E-state index in [0.29, 0.717) is 39.8 Å². The Morgan fingerprint density at radius 3 is 2.45 bits per heavy atom. The van der Waals surface area contributed by atoms with Gasteiger partial charge in [-0.05, 0) is 42.0 Å². The number of carbonyl (C=O) groups excluding carboxylic acids is 1. The number of methoxy groups -OCH3 is 2. The Balaban J connectivity index is 1.52. The molecule has 8 heteroatoms. The standard InChI is InChI=1S/C25H23N3O4S/c1-31-21-13-12-17(14-22(21)32-2)15-26-23(29)16-33-25-27-20-11-7-6-10-19(20)24(30)28(25)18-8-4-3-5-9-18/h3-14H,15-16H2,1-2H3,(H,26,29). The summed E-state index contributed by atoms with van der Waals surface area (Å²) >= 11 is 1.22. The smallest absolute Gasteiger partial charge is 0.266 e. The number of benzene rings is 3. The van der Waals surface area contributed by atoms with Crippen LogP contribution in [0, 0.1) is 0 Å². The Kier molecular flexibility index (Phi) is 6.95. The highest BCUT2D eigenvalue weighted by atomic mass is 32.2. The monoisotopic (exact) mass is 461 g/mol. The Labute approximate surface area is 195 Å². The van der Waals surface area contributed by atoms with Gasteiger partial charge in [0.1, 0.15) is 0 Å². The maximum Gasteiger partial charge on any atom is 0.266 e. The van der Waals surface area contributed by atoms with Gasteiger partial charge in [-0.3, -0.25) is 14.2 Å². The van der Waals surface area contributed by atoms with Crippen molar-refractivity contribution in [2.24, 2.45) is 0 Å². The minimum Gasteiger partial charge on any atom is -0.493 e. The number of para-hydroxylation sites is 2. The molecule has 4 rings (SSSR count). The molecule has 0 bridgehead atoms. The number of amides is 1. The number of aromatic nitrogens is 2. The first-order valence-electron chi connectivity index (χ1n) is 10.3. The minimum absolute atomic E-state index is 0.116. The van der Waals surface area contributed by atoms with Crippen LogP contribution in [0.25, 0.3) is 16.6 Å². The Bertz CT molecular complexity index is 1340. The second-order valence-corrected chi connectivity index (χ2v) is 8.08. The van der Waals surface area contributed by atoms with Crippen LogP contribution in [-0.4, -0.2) is 35.4 Å². The number of hydrogen-bond acceptors (Lipinski definition) is 6. The number of fused-ring (bicyclic) bond motifs is 1. The Morgan fingerprint density at radius 1 is 0.970 bits per heavy atom. The molecule has 0 fully saturated rings. The number of rotatable bonds is 8. The highest BCUT2D eigenvalue weighted by molar-refractivity contribution is 7.99. The highest BCUT2D eigenvalue weighted by Gasteiger charge is 2.15. The molecule has 0 aliphatic carbocycles. The lowest BCUT2D eigenvalue weighted by Crippen LogP contribution is -2.26. The second kappa shape index (κ2) is 10.2. The molecule has 1 aromatic heterocycles. The SMILES string of the molecule is COc1ccc(CNC(=O)CSc2nc3ccccc3c(=O)n2-c2ccccc2)cc1OC. The molecule has 7 nitrogen and oxygen atoms in total. The lowest BCUT2D eigenvalue weighted by Gasteiger charge is -2.13. The summed E-state index contributed by atoms with van der Waals surface area (Å²) in [5.74, 6) is 1.18. The maximum atomic E-state index is 13.2. The molecular weight excluding hydrogens is 438 g/mol. The number of carbonyl (C=O) groups is 1. The summed E-state index contributed by atoms with van der Waals surface area (Å²) in [6.07, 6.45) is 0. The molecule has 168 valence electrons. The van der Waals surface area contributed by atoms with E-state index in [-0.39, 0.29) is 17.2 Å². The summed E-state index contributed by atoms with van der Waals surface area (Å²) in [6, 6.07) is 22.0. The second-order valence-electron chi connectivity index (χ2n) is 7.14. The summed E-state index contributed by atoms with van der Waals surface area (Å²) in [7, 11) is 3.14. The molecule has 0 aliphatic rings. The predicted molar refractivity (Wildman–Crippen MR) is 129 cm³/mol. The Hall–Kier alpha value is -3.78. The van der Waals surface area contributed by atoms with Crippen LogP contribution in [0.1, 0.15) is 5.56 Å². The predicted octanol–water partition coefficient (Wildman–Crippen LogP) is 3.81. The van der Waals surface area contributed by atoms with Crippen LogP contribution in [0.2, 0.25) is 0 Å². The van der Waals surface area contributed by atoms with Crippen LogP contribution in [0.5, 0.6) is 11.5 Å². The number of thioether (sulfide) groups is 1. The third kappa shape index (κ3) is 5.01. The van der Waals surface area contributed by atoms with Crippen molar-refractivity contribution in [1.29, 1.82) is 0 Å². The van der Waals surface area contributed by atoms with Gasteiger partial charge in [0, 0.05) is 6.54 Å². The zero-order valence-corrected chi connectivity index (χ0v) is 19.1. The van der Waals surface area contributed by atoms with E-state index >= 15 is 0 Å². The number of ether oxygens (including phenoxy) is 2. The molecule has 0 atom stereocenters. The van der Waals surface area contributed by atoms with E-state index < -0.39 is 0 Å². The van der Waals surface area contributed by atoms with Crippen molar-refractivity contribution >= 4 is 28.6 Å². The van der Waals surface area contributed by atoms with Crippen molar-refractivity contribution in [2.45, 2.75) is 11.7 Å². The van der Waals surface area contributed by atoms with E-state index in [1.54, 1.807) is 37.0 Å². The van der Waals surface area contributed by atoms with Crippen molar-refractivity contribution < 1.29 is 14.3 Å². The van der Waals surface area contributed by atoms with Crippen LogP contribution in [0.15, 0.2) is 82.7 Å². The van der Waals surface area contributed by atoms with Gasteiger partial charge in [0.15, 0.2) is 16.7 Å². The summed E-state index contributed by atoms with van der Waals surface area (Å²) in [6.45, 7) is 0.344. The normalized spacial score (nSPS) is 10.7. The lowest BCUT2D eigenvalue weighted by atomic mass is 10.2. The summed E-state index contributed by atoms with van der Waals surface area (Å²) in [5, 5.41) is 3.89. The molecule has 0 saturated heterocycles. The maximum absolute atomic E-state index is 13.2. The van der Waals surface area contributed by atoms with Gasteiger partial charge < -0.3 is 14.8 Å². The van der Waals surface area contributed by atoms with Crippen molar-refractivity contribution in [3.05, 3.63) is 88.7 Å². The van der Waals surface area contributed by atoms with E-state index in [0.717, 1.165) is 5.56 Å². The van der Waals surface area contributed by atoms with Gasteiger partial charge in [-0.1, -0.05) is 48.2 Å². The van der Waals surface area contributed by atoms with Crippen LogP contribution in [-0.2, 0) is 11.3 Å². The molecule has 0 spiro atoms. The molecule has 33 heavy (non-hydrogen) atoms. The number of hydrogen-bond donors (Lipinski definition) is 1. The first-order valence-corrected chi connectivity index (χ1v) is 11.3. The van der Waals surface area contributed by atoms with Crippen LogP contribution >= 0.6 is 11.8 Å². The number of nitrogens with zero attached hydrogens (tertiary/aromatic N) is 2.